The number of aromatic nitrogens is 1. The van der Waals surface area contributed by atoms with Gasteiger partial charge in [0.25, 0.3) is 0 Å². The number of nitrogens with one attached hydrogen (secondary N) is 1. The van der Waals surface area contributed by atoms with Crippen LogP contribution in [0.2, 0.25) is 0 Å². The van der Waals surface area contributed by atoms with E-state index in [2.05, 4.69) is 31.1 Å². The van der Waals surface area contributed by atoms with Crippen molar-refractivity contribution in [3.63, 3.8) is 0 Å². The van der Waals surface area contributed by atoms with Crippen molar-refractivity contribution in [1.29, 1.82) is 0 Å². The van der Waals surface area contributed by atoms with Crippen LogP contribution in [0.5, 0.6) is 0 Å². The summed E-state index contributed by atoms with van der Waals surface area (Å²) in [5, 5.41) is 4.75. The van der Waals surface area contributed by atoms with Gasteiger partial charge in [-0.25, -0.2) is 4.98 Å². The lowest BCUT2D eigenvalue weighted by Gasteiger charge is -2.12. The monoisotopic (exact) mass is 224 g/mol. The molecule has 1 heterocycles. The molecule has 1 aromatic rings. The predicted octanol–water partition coefficient (Wildman–Crippen LogP) is 3.21. The van der Waals surface area contributed by atoms with Gasteiger partial charge in [-0.05, 0) is 39.7 Å². The normalized spacial score (nSPS) is 18.1. The molecule has 0 radical (unpaired) electrons. The largest absolute Gasteiger partial charge is 0.309 e. The van der Waals surface area contributed by atoms with Gasteiger partial charge >= 0.3 is 0 Å². The second kappa shape index (κ2) is 4.62. The fraction of sp³-hybridized carbons (Fsp3) is 0.750. The van der Waals surface area contributed by atoms with Gasteiger partial charge in [0.15, 0.2) is 0 Å². The SMILES string of the molecule is Cc1nc(C(C)NCCC2CC2)c(C)s1. The van der Waals surface area contributed by atoms with Crippen LogP contribution in [0.25, 0.3) is 0 Å². The Morgan fingerprint density at radius 3 is 2.73 bits per heavy atom. The molecule has 1 aromatic heterocycles. The third-order valence-corrected chi connectivity index (χ3v) is 3.95. The van der Waals surface area contributed by atoms with Gasteiger partial charge in [0, 0.05) is 10.9 Å². The molecule has 1 saturated carbocycles. The van der Waals surface area contributed by atoms with Crippen LogP contribution in [-0.4, -0.2) is 11.5 Å². The van der Waals surface area contributed by atoms with Crippen molar-refractivity contribution >= 4 is 11.3 Å². The van der Waals surface area contributed by atoms with Crippen molar-refractivity contribution in [2.24, 2.45) is 5.92 Å². The molecule has 84 valence electrons. The Hall–Kier alpha value is -0.410. The quantitative estimate of drug-likeness (QED) is 0.830. The molecule has 0 saturated heterocycles. The van der Waals surface area contributed by atoms with Crippen molar-refractivity contribution in [3.05, 3.63) is 15.6 Å². The highest BCUT2D eigenvalue weighted by molar-refractivity contribution is 7.11. The summed E-state index contributed by atoms with van der Waals surface area (Å²) in [6, 6.07) is 0.411. The Labute approximate surface area is 96.1 Å². The molecule has 3 heteroatoms. The second-order valence-electron chi connectivity index (χ2n) is 4.58. The number of nitrogens with zero attached hydrogens (tertiary/aromatic N) is 1. The molecular formula is C12H20N2S. The number of thiazole rings is 1. The van der Waals surface area contributed by atoms with Gasteiger partial charge in [0.2, 0.25) is 0 Å². The van der Waals surface area contributed by atoms with Gasteiger partial charge in [0.1, 0.15) is 0 Å². The summed E-state index contributed by atoms with van der Waals surface area (Å²) in [4.78, 5) is 5.94. The van der Waals surface area contributed by atoms with Gasteiger partial charge in [-0.2, -0.15) is 0 Å². The Bertz CT molecular complexity index is 328. The number of rotatable bonds is 5. The number of hydrogen-bond donors (Lipinski definition) is 1. The highest BCUT2D eigenvalue weighted by atomic mass is 32.1. The van der Waals surface area contributed by atoms with E-state index in [0.717, 1.165) is 12.5 Å². The molecule has 15 heavy (non-hydrogen) atoms. The van der Waals surface area contributed by atoms with E-state index in [0.29, 0.717) is 6.04 Å². The Balaban J connectivity index is 1.83. The van der Waals surface area contributed by atoms with E-state index in [9.17, 15) is 0 Å². The lowest BCUT2D eigenvalue weighted by Crippen LogP contribution is -2.21. The number of aryl methyl sites for hydroxylation is 2. The second-order valence-corrected chi connectivity index (χ2v) is 5.99. The minimum absolute atomic E-state index is 0.411. The Morgan fingerprint density at radius 1 is 1.47 bits per heavy atom. The summed E-state index contributed by atoms with van der Waals surface area (Å²) in [5.74, 6) is 1.02. The zero-order chi connectivity index (χ0) is 10.8. The van der Waals surface area contributed by atoms with Crippen molar-refractivity contribution in [3.8, 4) is 0 Å². The number of hydrogen-bond acceptors (Lipinski definition) is 3. The van der Waals surface area contributed by atoms with E-state index in [-0.39, 0.29) is 0 Å². The molecule has 1 fully saturated rings. The lowest BCUT2D eigenvalue weighted by atomic mass is 10.2. The zero-order valence-corrected chi connectivity index (χ0v) is 10.7. The van der Waals surface area contributed by atoms with Crippen molar-refractivity contribution in [1.82, 2.24) is 10.3 Å². The molecule has 2 nitrogen and oxygen atoms in total. The average molecular weight is 224 g/mol. The molecule has 2 rings (SSSR count). The molecule has 0 aliphatic heterocycles. The highest BCUT2D eigenvalue weighted by Gasteiger charge is 2.21. The van der Waals surface area contributed by atoms with Crippen LogP contribution >= 0.6 is 11.3 Å². The third-order valence-electron chi connectivity index (χ3n) is 3.05. The summed E-state index contributed by atoms with van der Waals surface area (Å²) in [7, 11) is 0. The van der Waals surface area contributed by atoms with Gasteiger partial charge in [-0.15, -0.1) is 11.3 Å². The molecule has 0 amide bonds. The van der Waals surface area contributed by atoms with Gasteiger partial charge in [-0.1, -0.05) is 12.8 Å². The first kappa shape index (κ1) is 11.1. The lowest BCUT2D eigenvalue weighted by molar-refractivity contribution is 0.530. The molecule has 1 atom stereocenters. The van der Waals surface area contributed by atoms with E-state index in [1.807, 2.05) is 0 Å². The standard InChI is InChI=1S/C12H20N2S/c1-8(13-7-6-11-4-5-11)12-9(2)15-10(3)14-12/h8,11,13H,4-7H2,1-3H3. The van der Waals surface area contributed by atoms with Crippen molar-refractivity contribution in [2.75, 3.05) is 6.54 Å². The van der Waals surface area contributed by atoms with E-state index >= 15 is 0 Å². The molecule has 1 N–H and O–H groups in total. The fourth-order valence-electron chi connectivity index (χ4n) is 1.95. The van der Waals surface area contributed by atoms with Crippen molar-refractivity contribution in [2.45, 2.75) is 46.1 Å². The molecular weight excluding hydrogens is 204 g/mol. The molecule has 0 bridgehead atoms. The van der Waals surface area contributed by atoms with Crippen LogP contribution in [0.15, 0.2) is 0 Å². The summed E-state index contributed by atoms with van der Waals surface area (Å²) >= 11 is 1.80. The van der Waals surface area contributed by atoms with Crippen molar-refractivity contribution < 1.29 is 0 Å². The van der Waals surface area contributed by atoms with Crippen LogP contribution in [-0.2, 0) is 0 Å². The minimum Gasteiger partial charge on any atom is -0.309 e. The van der Waals surface area contributed by atoms with Gasteiger partial charge < -0.3 is 5.32 Å². The first-order valence-electron chi connectivity index (χ1n) is 5.84. The van der Waals surface area contributed by atoms with E-state index < -0.39 is 0 Å². The van der Waals surface area contributed by atoms with Crippen LogP contribution in [0, 0.1) is 19.8 Å². The maximum Gasteiger partial charge on any atom is 0.0900 e. The first-order valence-corrected chi connectivity index (χ1v) is 6.65. The molecule has 1 aliphatic carbocycles. The molecule has 0 aromatic carbocycles. The maximum atomic E-state index is 4.58. The summed E-state index contributed by atoms with van der Waals surface area (Å²) in [6.07, 6.45) is 4.24. The predicted molar refractivity (Wildman–Crippen MR) is 65.3 cm³/mol. The fourth-order valence-corrected chi connectivity index (χ4v) is 2.87. The topological polar surface area (TPSA) is 24.9 Å². The van der Waals surface area contributed by atoms with Gasteiger partial charge in [-0.3, -0.25) is 0 Å². The van der Waals surface area contributed by atoms with E-state index in [1.54, 1.807) is 11.3 Å². The van der Waals surface area contributed by atoms with E-state index in [1.165, 1.54) is 34.8 Å². The van der Waals surface area contributed by atoms with Gasteiger partial charge in [0.05, 0.1) is 10.7 Å². The Kier molecular flexibility index (Phi) is 3.42. The van der Waals surface area contributed by atoms with E-state index in [4.69, 9.17) is 0 Å². The smallest absolute Gasteiger partial charge is 0.0900 e. The molecule has 1 aliphatic rings. The Morgan fingerprint density at radius 2 is 2.20 bits per heavy atom. The summed E-state index contributed by atoms with van der Waals surface area (Å²) < 4.78 is 0. The highest BCUT2D eigenvalue weighted by Crippen LogP contribution is 2.32. The average Bonchev–Trinajstić information content (AvgIpc) is 2.92. The minimum atomic E-state index is 0.411. The van der Waals surface area contributed by atoms with Crippen LogP contribution in [0.1, 0.15) is 47.8 Å². The molecule has 0 spiro atoms. The van der Waals surface area contributed by atoms with Crippen LogP contribution in [0.4, 0.5) is 0 Å². The van der Waals surface area contributed by atoms with Crippen LogP contribution < -0.4 is 5.32 Å². The summed E-state index contributed by atoms with van der Waals surface area (Å²) in [5.41, 5.74) is 1.24. The third kappa shape index (κ3) is 3.02. The van der Waals surface area contributed by atoms with Crippen LogP contribution in [0.3, 0.4) is 0 Å². The first-order chi connectivity index (χ1) is 7.16. The maximum absolute atomic E-state index is 4.58. The molecule has 1 unspecified atom stereocenters. The summed E-state index contributed by atoms with van der Waals surface area (Å²) in [6.45, 7) is 7.60. The zero-order valence-electron chi connectivity index (χ0n) is 9.84.